The Morgan fingerprint density at radius 3 is 2.56 bits per heavy atom. The van der Waals surface area contributed by atoms with E-state index in [2.05, 4.69) is 15.0 Å². The summed E-state index contributed by atoms with van der Waals surface area (Å²) in [7, 11) is 2.39. The maximum Gasteiger partial charge on any atom is 0.417 e. The number of alkyl halides is 3. The monoisotopic (exact) mass is 448 g/mol. The Bertz CT molecular complexity index is 1320. The maximum atomic E-state index is 13.9. The molecule has 0 N–H and O–H groups in total. The van der Waals surface area contributed by atoms with Gasteiger partial charge in [-0.3, -0.25) is 23.7 Å². The van der Waals surface area contributed by atoms with E-state index in [4.69, 9.17) is 0 Å². The van der Waals surface area contributed by atoms with Crippen LogP contribution >= 0.6 is 0 Å². The number of hydrogen-bond donors (Lipinski definition) is 0. The van der Waals surface area contributed by atoms with E-state index in [-0.39, 0.29) is 29.5 Å². The molecule has 3 aromatic rings. The summed E-state index contributed by atoms with van der Waals surface area (Å²) in [6.07, 6.45) is 0.362. The van der Waals surface area contributed by atoms with Crippen LogP contribution in [0.2, 0.25) is 0 Å². The summed E-state index contributed by atoms with van der Waals surface area (Å²) in [6.45, 7) is 0.550. The summed E-state index contributed by atoms with van der Waals surface area (Å²) in [6, 6.07) is 0.856. The number of aryl methyl sites for hydroxylation is 1. The molecule has 0 saturated carbocycles. The first-order chi connectivity index (χ1) is 15.1. The van der Waals surface area contributed by atoms with E-state index in [0.29, 0.717) is 24.0 Å². The minimum Gasteiger partial charge on any atom is -0.337 e. The molecule has 0 unspecified atom stereocenters. The molecule has 1 saturated heterocycles. The van der Waals surface area contributed by atoms with Crippen LogP contribution in [0.15, 0.2) is 34.2 Å². The highest BCUT2D eigenvalue weighted by atomic mass is 19.4. The molecule has 1 aliphatic heterocycles. The minimum atomic E-state index is -4.83. The van der Waals surface area contributed by atoms with Crippen molar-refractivity contribution in [1.29, 1.82) is 0 Å². The molecule has 168 valence electrons. The van der Waals surface area contributed by atoms with Crippen molar-refractivity contribution in [3.63, 3.8) is 0 Å². The highest BCUT2D eigenvalue weighted by Gasteiger charge is 2.37. The lowest BCUT2D eigenvalue weighted by Gasteiger charge is -2.32. The maximum absolute atomic E-state index is 13.9. The molecule has 3 aromatic heterocycles. The Morgan fingerprint density at radius 1 is 1.16 bits per heavy atom. The normalized spacial score (nSPS) is 17.0. The summed E-state index contributed by atoms with van der Waals surface area (Å²) in [5.74, 6) is -0.880. The van der Waals surface area contributed by atoms with Crippen molar-refractivity contribution < 1.29 is 18.0 Å². The van der Waals surface area contributed by atoms with Gasteiger partial charge in [-0.25, -0.2) is 14.8 Å². The first-order valence-corrected chi connectivity index (χ1v) is 9.82. The van der Waals surface area contributed by atoms with Crippen LogP contribution in [-0.4, -0.2) is 48.0 Å². The number of carbonyl (C=O) groups is 1. The smallest absolute Gasteiger partial charge is 0.337 e. The van der Waals surface area contributed by atoms with Gasteiger partial charge in [-0.05, 0) is 18.9 Å². The van der Waals surface area contributed by atoms with Crippen LogP contribution < -0.4 is 11.2 Å². The lowest BCUT2D eigenvalue weighted by atomic mass is 9.92. The largest absolute Gasteiger partial charge is 0.417 e. The molecule has 1 atom stereocenters. The van der Waals surface area contributed by atoms with E-state index < -0.39 is 34.3 Å². The molecule has 0 aromatic carbocycles. The molecule has 1 fully saturated rings. The van der Waals surface area contributed by atoms with E-state index in [1.807, 2.05) is 0 Å². The number of fused-ring (bicyclic) bond motifs is 1. The number of aromatic nitrogens is 5. The third-order valence-corrected chi connectivity index (χ3v) is 5.64. The quantitative estimate of drug-likeness (QED) is 0.588. The molecule has 0 radical (unpaired) electrons. The van der Waals surface area contributed by atoms with Gasteiger partial charge in [-0.1, -0.05) is 0 Å². The van der Waals surface area contributed by atoms with Crippen molar-refractivity contribution in [3.05, 3.63) is 62.4 Å². The van der Waals surface area contributed by atoms with E-state index in [1.165, 1.54) is 30.5 Å². The SMILES string of the molecule is Cn1c(=O)c2c(C(F)(F)F)cc([C@H]3CCCN(C(=O)c4cnccn4)C3)nc2n(C)c1=O. The van der Waals surface area contributed by atoms with Gasteiger partial charge >= 0.3 is 11.9 Å². The molecule has 32 heavy (non-hydrogen) atoms. The predicted octanol–water partition coefficient (Wildman–Crippen LogP) is 1.46. The number of pyridine rings is 1. The standard InChI is InChI=1S/C20H19F3N6O3/c1-27-16-15(18(31)28(2)19(27)32)12(20(21,22)23)8-13(26-16)11-4-3-7-29(10-11)17(30)14-9-24-5-6-25-14/h5-6,8-9,11H,3-4,7,10H2,1-2H3/t11-/m0/s1. The van der Waals surface area contributed by atoms with Crippen LogP contribution in [-0.2, 0) is 20.3 Å². The van der Waals surface area contributed by atoms with Crippen molar-refractivity contribution in [2.45, 2.75) is 24.9 Å². The summed E-state index contributed by atoms with van der Waals surface area (Å²) in [4.78, 5) is 51.2. The average Bonchev–Trinajstić information content (AvgIpc) is 2.80. The third-order valence-electron chi connectivity index (χ3n) is 5.64. The van der Waals surface area contributed by atoms with Gasteiger partial charge < -0.3 is 4.90 Å². The Hall–Kier alpha value is -3.57. The van der Waals surface area contributed by atoms with Gasteiger partial charge in [-0.2, -0.15) is 13.2 Å². The molecule has 0 bridgehead atoms. The topological polar surface area (TPSA) is 103 Å². The second-order valence-electron chi connectivity index (χ2n) is 7.68. The van der Waals surface area contributed by atoms with E-state index >= 15 is 0 Å². The number of carbonyl (C=O) groups excluding carboxylic acids is 1. The number of amides is 1. The lowest BCUT2D eigenvalue weighted by Crippen LogP contribution is -2.40. The predicted molar refractivity (Wildman–Crippen MR) is 107 cm³/mol. The Kier molecular flexibility index (Phi) is 5.31. The number of likely N-dealkylation sites (tertiary alicyclic amines) is 1. The molecule has 1 amide bonds. The molecular weight excluding hydrogens is 429 g/mol. The van der Waals surface area contributed by atoms with Gasteiger partial charge in [-0.15, -0.1) is 0 Å². The van der Waals surface area contributed by atoms with E-state index in [0.717, 1.165) is 17.7 Å². The molecule has 4 heterocycles. The van der Waals surface area contributed by atoms with Crippen LogP contribution in [0.1, 0.15) is 40.5 Å². The van der Waals surface area contributed by atoms with Gasteiger partial charge in [0.05, 0.1) is 17.1 Å². The van der Waals surface area contributed by atoms with Crippen LogP contribution in [0, 0.1) is 0 Å². The molecular formula is C20H19F3N6O3. The fraction of sp³-hybridized carbons (Fsp3) is 0.400. The van der Waals surface area contributed by atoms with E-state index in [1.54, 1.807) is 0 Å². The van der Waals surface area contributed by atoms with Gasteiger partial charge in [0.2, 0.25) is 0 Å². The zero-order valence-electron chi connectivity index (χ0n) is 17.3. The summed E-state index contributed by atoms with van der Waals surface area (Å²) in [5, 5.41) is -0.658. The lowest BCUT2D eigenvalue weighted by molar-refractivity contribution is -0.136. The van der Waals surface area contributed by atoms with E-state index in [9.17, 15) is 27.6 Å². The first-order valence-electron chi connectivity index (χ1n) is 9.82. The van der Waals surface area contributed by atoms with Gasteiger partial charge in [0.15, 0.2) is 0 Å². The van der Waals surface area contributed by atoms with Crippen molar-refractivity contribution in [2.75, 3.05) is 13.1 Å². The highest BCUT2D eigenvalue weighted by molar-refractivity contribution is 5.92. The Balaban J connectivity index is 1.82. The Morgan fingerprint density at radius 2 is 1.91 bits per heavy atom. The molecule has 9 nitrogen and oxygen atoms in total. The van der Waals surface area contributed by atoms with Crippen LogP contribution in [0.5, 0.6) is 0 Å². The zero-order valence-corrected chi connectivity index (χ0v) is 17.3. The fourth-order valence-corrected chi connectivity index (χ4v) is 3.98. The fourth-order valence-electron chi connectivity index (χ4n) is 3.98. The molecule has 0 spiro atoms. The number of piperidine rings is 1. The first kappa shape index (κ1) is 21.7. The van der Waals surface area contributed by atoms with Crippen molar-refractivity contribution in [1.82, 2.24) is 29.0 Å². The number of halogens is 3. The van der Waals surface area contributed by atoms with Crippen molar-refractivity contribution >= 4 is 16.9 Å². The van der Waals surface area contributed by atoms with Crippen molar-refractivity contribution in [3.8, 4) is 0 Å². The Labute approximate surface area is 179 Å². The highest BCUT2D eigenvalue weighted by Crippen LogP contribution is 2.36. The summed E-state index contributed by atoms with van der Waals surface area (Å²) >= 11 is 0. The molecule has 4 rings (SSSR count). The molecule has 12 heteroatoms. The number of rotatable bonds is 2. The van der Waals surface area contributed by atoms with Crippen molar-refractivity contribution in [2.24, 2.45) is 14.1 Å². The second-order valence-corrected chi connectivity index (χ2v) is 7.68. The number of nitrogens with zero attached hydrogens (tertiary/aromatic N) is 6. The third kappa shape index (κ3) is 3.65. The zero-order chi connectivity index (χ0) is 23.2. The van der Waals surface area contributed by atoms with Crippen LogP contribution in [0.3, 0.4) is 0 Å². The molecule has 0 aliphatic carbocycles. The minimum absolute atomic E-state index is 0.0738. The average molecular weight is 448 g/mol. The van der Waals surface area contributed by atoms with Crippen LogP contribution in [0.4, 0.5) is 13.2 Å². The van der Waals surface area contributed by atoms with Crippen LogP contribution in [0.25, 0.3) is 11.0 Å². The number of hydrogen-bond acceptors (Lipinski definition) is 6. The molecule has 1 aliphatic rings. The summed E-state index contributed by atoms with van der Waals surface area (Å²) < 4.78 is 43.2. The second kappa shape index (κ2) is 7.84. The summed E-state index contributed by atoms with van der Waals surface area (Å²) in [5.41, 5.74) is -3.10. The van der Waals surface area contributed by atoms with Gasteiger partial charge in [0.1, 0.15) is 11.3 Å². The van der Waals surface area contributed by atoms with Gasteiger partial charge in [0, 0.05) is 51.2 Å². The van der Waals surface area contributed by atoms with Gasteiger partial charge in [0.25, 0.3) is 11.5 Å².